The Kier molecular flexibility index (Phi) is 6.69. The molecule has 0 bridgehead atoms. The van der Waals surface area contributed by atoms with Crippen molar-refractivity contribution in [2.45, 2.75) is 19.4 Å². The molecule has 0 fully saturated rings. The summed E-state index contributed by atoms with van der Waals surface area (Å²) in [6, 6.07) is 13.6. The molecule has 1 heterocycles. The summed E-state index contributed by atoms with van der Waals surface area (Å²) in [7, 11) is 1.53. The maximum Gasteiger partial charge on any atom is 0.329 e. The Hall–Kier alpha value is -3.81. The highest BCUT2D eigenvalue weighted by Crippen LogP contribution is 2.20. The fraction of sp³-hybridized carbons (Fsp3) is 0.227. The minimum atomic E-state index is -0.911. The summed E-state index contributed by atoms with van der Waals surface area (Å²) in [5, 5.41) is 6.18. The molecule has 0 saturated carbocycles. The van der Waals surface area contributed by atoms with Crippen molar-refractivity contribution in [3.8, 4) is 5.75 Å². The van der Waals surface area contributed by atoms with Gasteiger partial charge in [-0.25, -0.2) is 4.79 Å². The summed E-state index contributed by atoms with van der Waals surface area (Å²) in [5.74, 6) is -0.951. The molecule has 0 aliphatic carbocycles. The van der Waals surface area contributed by atoms with E-state index in [1.165, 1.54) is 14.0 Å². The highest BCUT2D eigenvalue weighted by Gasteiger charge is 2.23. The van der Waals surface area contributed by atoms with E-state index in [4.69, 9.17) is 9.47 Å². The number of amides is 2. The van der Waals surface area contributed by atoms with E-state index in [0.717, 1.165) is 16.5 Å². The van der Waals surface area contributed by atoms with Gasteiger partial charge in [-0.2, -0.15) is 0 Å². The van der Waals surface area contributed by atoms with Crippen molar-refractivity contribution in [2.75, 3.05) is 19.0 Å². The molecule has 2 aromatic carbocycles. The molecule has 0 unspecified atom stereocenters. The quantitative estimate of drug-likeness (QED) is 0.495. The van der Waals surface area contributed by atoms with Gasteiger partial charge in [-0.1, -0.05) is 24.3 Å². The monoisotopic (exact) mass is 409 g/mol. The number of esters is 1. The van der Waals surface area contributed by atoms with Gasteiger partial charge in [0.05, 0.1) is 7.11 Å². The number of methoxy groups -OCH3 is 1. The normalized spacial score (nSPS) is 11.5. The fourth-order valence-electron chi connectivity index (χ4n) is 3.09. The molecule has 1 aromatic heterocycles. The minimum absolute atomic E-state index is 0.236. The first kappa shape index (κ1) is 20.9. The predicted molar refractivity (Wildman–Crippen MR) is 112 cm³/mol. The van der Waals surface area contributed by atoms with Crippen LogP contribution in [0.3, 0.4) is 0 Å². The number of hydrogen-bond acceptors (Lipinski definition) is 5. The second kappa shape index (κ2) is 9.60. The lowest BCUT2D eigenvalue weighted by molar-refractivity contribution is -0.150. The Balaban J connectivity index is 1.62. The van der Waals surface area contributed by atoms with E-state index in [1.54, 1.807) is 30.5 Å². The average Bonchev–Trinajstić information content (AvgIpc) is 3.14. The number of aromatic amines is 1. The number of H-pyrrole nitrogens is 1. The second-order valence-corrected chi connectivity index (χ2v) is 6.70. The van der Waals surface area contributed by atoms with Crippen LogP contribution in [0.4, 0.5) is 5.69 Å². The topological polar surface area (TPSA) is 110 Å². The maximum atomic E-state index is 12.6. The first-order valence-corrected chi connectivity index (χ1v) is 9.39. The summed E-state index contributed by atoms with van der Waals surface area (Å²) in [5.41, 5.74) is 2.31. The zero-order chi connectivity index (χ0) is 21.5. The lowest BCUT2D eigenvalue weighted by atomic mass is 10.0. The molecule has 2 amide bonds. The molecule has 3 aromatic rings. The molecular formula is C22H23N3O5. The minimum Gasteiger partial charge on any atom is -0.497 e. The van der Waals surface area contributed by atoms with E-state index in [-0.39, 0.29) is 12.3 Å². The summed E-state index contributed by atoms with van der Waals surface area (Å²) in [6.45, 7) is 0.852. The van der Waals surface area contributed by atoms with Crippen LogP contribution in [0.5, 0.6) is 5.75 Å². The highest BCUT2D eigenvalue weighted by atomic mass is 16.5. The fourth-order valence-corrected chi connectivity index (χ4v) is 3.09. The van der Waals surface area contributed by atoms with Crippen LogP contribution in [0.25, 0.3) is 10.9 Å². The van der Waals surface area contributed by atoms with Gasteiger partial charge in [0.1, 0.15) is 11.8 Å². The number of hydrogen-bond donors (Lipinski definition) is 3. The Labute approximate surface area is 173 Å². The van der Waals surface area contributed by atoms with Gasteiger partial charge in [-0.3, -0.25) is 9.59 Å². The number of anilines is 1. The van der Waals surface area contributed by atoms with Gasteiger partial charge in [0, 0.05) is 42.2 Å². The number of nitrogens with one attached hydrogen (secondary N) is 3. The molecule has 3 rings (SSSR count). The van der Waals surface area contributed by atoms with Gasteiger partial charge < -0.3 is 25.1 Å². The van der Waals surface area contributed by atoms with Crippen LogP contribution in [0.2, 0.25) is 0 Å². The van der Waals surface area contributed by atoms with Gasteiger partial charge in [-0.05, 0) is 23.8 Å². The number of benzene rings is 2. The number of fused-ring (bicyclic) bond motifs is 1. The molecule has 3 N–H and O–H groups in total. The lowest BCUT2D eigenvalue weighted by Crippen LogP contribution is -2.43. The number of ether oxygens (including phenoxy) is 2. The van der Waals surface area contributed by atoms with E-state index in [9.17, 15) is 14.4 Å². The first-order chi connectivity index (χ1) is 14.5. The number of rotatable bonds is 8. The van der Waals surface area contributed by atoms with Crippen molar-refractivity contribution in [3.63, 3.8) is 0 Å². The Morgan fingerprint density at radius 2 is 1.90 bits per heavy atom. The van der Waals surface area contributed by atoms with Gasteiger partial charge in [0.15, 0.2) is 6.61 Å². The number of carbonyl (C=O) groups is 3. The number of carbonyl (C=O) groups excluding carboxylic acids is 3. The van der Waals surface area contributed by atoms with Crippen molar-refractivity contribution < 1.29 is 23.9 Å². The molecule has 156 valence electrons. The molecule has 0 spiro atoms. The van der Waals surface area contributed by atoms with Crippen molar-refractivity contribution in [1.29, 1.82) is 0 Å². The van der Waals surface area contributed by atoms with Crippen molar-refractivity contribution >= 4 is 34.4 Å². The standard InChI is InChI=1S/C22H23N3O5/c1-14(26)24-20(10-15-12-23-19-9-4-3-8-18(15)19)22(28)30-13-21(27)25-16-6-5-7-17(11-16)29-2/h3-9,11-12,20,23H,10,13H2,1-2H3,(H,24,26)(H,25,27)/t20-/m0/s1. The SMILES string of the molecule is COc1cccc(NC(=O)COC(=O)[C@H](Cc2c[nH]c3ccccc23)NC(C)=O)c1. The van der Waals surface area contributed by atoms with Gasteiger partial charge in [-0.15, -0.1) is 0 Å². The lowest BCUT2D eigenvalue weighted by Gasteiger charge is -2.16. The van der Waals surface area contributed by atoms with Crippen LogP contribution < -0.4 is 15.4 Å². The zero-order valence-electron chi connectivity index (χ0n) is 16.7. The van der Waals surface area contributed by atoms with Crippen LogP contribution in [0, 0.1) is 0 Å². The molecule has 8 heteroatoms. The molecular weight excluding hydrogens is 386 g/mol. The molecule has 0 aliphatic heterocycles. The van der Waals surface area contributed by atoms with Gasteiger partial charge >= 0.3 is 5.97 Å². The third-order valence-corrected chi connectivity index (χ3v) is 4.46. The summed E-state index contributed by atoms with van der Waals surface area (Å²) in [6.07, 6.45) is 2.03. The Bertz CT molecular complexity index is 1060. The van der Waals surface area contributed by atoms with Gasteiger partial charge in [0.2, 0.25) is 5.91 Å². The zero-order valence-corrected chi connectivity index (χ0v) is 16.7. The van der Waals surface area contributed by atoms with Crippen LogP contribution in [-0.4, -0.2) is 42.5 Å². The molecule has 1 atom stereocenters. The molecule has 0 saturated heterocycles. The molecule has 8 nitrogen and oxygen atoms in total. The van der Waals surface area contributed by atoms with E-state index < -0.39 is 24.5 Å². The van der Waals surface area contributed by atoms with Crippen LogP contribution in [0.1, 0.15) is 12.5 Å². The first-order valence-electron chi connectivity index (χ1n) is 9.39. The summed E-state index contributed by atoms with van der Waals surface area (Å²) >= 11 is 0. The highest BCUT2D eigenvalue weighted by molar-refractivity contribution is 5.94. The average molecular weight is 409 g/mol. The predicted octanol–water partition coefficient (Wildman–Crippen LogP) is 2.41. The van der Waals surface area contributed by atoms with Crippen molar-refractivity contribution in [2.24, 2.45) is 0 Å². The largest absolute Gasteiger partial charge is 0.497 e. The van der Waals surface area contributed by atoms with Crippen LogP contribution in [0.15, 0.2) is 54.7 Å². The summed E-state index contributed by atoms with van der Waals surface area (Å²) in [4.78, 5) is 39.4. The van der Waals surface area contributed by atoms with Crippen molar-refractivity contribution in [1.82, 2.24) is 10.3 Å². The smallest absolute Gasteiger partial charge is 0.329 e. The van der Waals surface area contributed by atoms with E-state index in [1.807, 2.05) is 24.3 Å². The Morgan fingerprint density at radius 1 is 1.10 bits per heavy atom. The van der Waals surface area contributed by atoms with Crippen molar-refractivity contribution in [3.05, 3.63) is 60.3 Å². The van der Waals surface area contributed by atoms with Crippen LogP contribution >= 0.6 is 0 Å². The molecule has 30 heavy (non-hydrogen) atoms. The maximum absolute atomic E-state index is 12.6. The van der Waals surface area contributed by atoms with E-state index >= 15 is 0 Å². The molecule has 0 aliphatic rings. The Morgan fingerprint density at radius 3 is 2.67 bits per heavy atom. The van der Waals surface area contributed by atoms with Crippen LogP contribution in [-0.2, 0) is 25.5 Å². The number of aromatic nitrogens is 1. The van der Waals surface area contributed by atoms with E-state index in [2.05, 4.69) is 15.6 Å². The summed E-state index contributed by atoms with van der Waals surface area (Å²) < 4.78 is 10.3. The third kappa shape index (κ3) is 5.38. The van der Waals surface area contributed by atoms with Gasteiger partial charge in [0.25, 0.3) is 5.91 Å². The molecule has 0 radical (unpaired) electrons. The second-order valence-electron chi connectivity index (χ2n) is 6.70. The number of para-hydroxylation sites is 1. The third-order valence-electron chi connectivity index (χ3n) is 4.46. The van der Waals surface area contributed by atoms with E-state index in [0.29, 0.717) is 11.4 Å².